The first-order valence-electron chi connectivity index (χ1n) is 9.29. The topological polar surface area (TPSA) is 58.6 Å². The zero-order chi connectivity index (χ0) is 21.6. The Bertz CT molecular complexity index is 850. The molecule has 0 radical (unpaired) electrons. The zero-order valence-electron chi connectivity index (χ0n) is 17.0. The number of halogens is 2. The van der Waals surface area contributed by atoms with Crippen LogP contribution in [0.25, 0.3) is 0 Å². The number of hydrogen-bond acceptors (Lipinski definition) is 3. The highest BCUT2D eigenvalue weighted by Gasteiger charge is 2.28. The van der Waals surface area contributed by atoms with Crippen molar-refractivity contribution in [2.75, 3.05) is 6.61 Å². The minimum atomic E-state index is -0.697. The van der Waals surface area contributed by atoms with Gasteiger partial charge in [0.15, 0.2) is 6.61 Å². The average molecular weight is 465 g/mol. The van der Waals surface area contributed by atoms with Crippen LogP contribution < -0.4 is 10.1 Å². The van der Waals surface area contributed by atoms with Crippen LogP contribution in [-0.2, 0) is 16.1 Å². The average Bonchev–Trinajstić information content (AvgIpc) is 2.63. The first kappa shape index (κ1) is 22.9. The van der Waals surface area contributed by atoms with E-state index in [-0.39, 0.29) is 30.8 Å². The molecule has 0 heterocycles. The molecule has 0 saturated carbocycles. The van der Waals surface area contributed by atoms with E-state index >= 15 is 0 Å². The summed E-state index contributed by atoms with van der Waals surface area (Å²) in [6, 6.07) is 12.3. The third-order valence-corrected chi connectivity index (χ3v) is 4.58. The third-order valence-electron chi connectivity index (χ3n) is 4.08. The van der Waals surface area contributed by atoms with E-state index in [1.54, 1.807) is 6.92 Å². The second kappa shape index (κ2) is 9.87. The maximum atomic E-state index is 13.0. The van der Waals surface area contributed by atoms with Crippen molar-refractivity contribution in [2.24, 2.45) is 0 Å². The van der Waals surface area contributed by atoms with Crippen molar-refractivity contribution in [1.29, 1.82) is 0 Å². The van der Waals surface area contributed by atoms with Crippen molar-refractivity contribution >= 4 is 27.7 Å². The van der Waals surface area contributed by atoms with Gasteiger partial charge in [-0.25, -0.2) is 4.39 Å². The van der Waals surface area contributed by atoms with E-state index in [0.29, 0.717) is 5.75 Å². The number of nitrogens with zero attached hydrogens (tertiary/aromatic N) is 1. The monoisotopic (exact) mass is 464 g/mol. The molecule has 7 heteroatoms. The maximum absolute atomic E-state index is 13.0. The Morgan fingerprint density at radius 3 is 2.41 bits per heavy atom. The fourth-order valence-corrected chi connectivity index (χ4v) is 3.09. The maximum Gasteiger partial charge on any atom is 0.261 e. The van der Waals surface area contributed by atoms with Crippen molar-refractivity contribution in [3.8, 4) is 5.75 Å². The molecule has 2 aromatic rings. The van der Waals surface area contributed by atoms with Crippen LogP contribution in [0.15, 0.2) is 53.0 Å². The van der Waals surface area contributed by atoms with Gasteiger partial charge in [-0.3, -0.25) is 9.59 Å². The van der Waals surface area contributed by atoms with E-state index in [1.807, 2.05) is 45.0 Å². The van der Waals surface area contributed by atoms with Gasteiger partial charge < -0.3 is 15.0 Å². The largest absolute Gasteiger partial charge is 0.484 e. The molecule has 1 unspecified atom stereocenters. The number of carbonyl (C=O) groups excluding carboxylic acids is 2. The highest BCUT2D eigenvalue weighted by Crippen LogP contribution is 2.17. The number of amides is 2. The predicted octanol–water partition coefficient (Wildman–Crippen LogP) is 4.30. The molecule has 0 aliphatic rings. The molecule has 1 N–H and O–H groups in total. The summed E-state index contributed by atoms with van der Waals surface area (Å²) in [5.41, 5.74) is 0.463. The van der Waals surface area contributed by atoms with Gasteiger partial charge in [-0.2, -0.15) is 0 Å². The lowest BCUT2D eigenvalue weighted by atomic mass is 10.1. The molecular formula is C22H26BrFN2O3. The Labute approximate surface area is 179 Å². The van der Waals surface area contributed by atoms with Crippen LogP contribution in [0.1, 0.15) is 33.3 Å². The number of nitrogens with one attached hydrogen (secondary N) is 1. The summed E-state index contributed by atoms with van der Waals surface area (Å²) in [4.78, 5) is 27.1. The SMILES string of the molecule is CC(C(=O)NC(C)(C)C)N(Cc1cccc(Br)c1)C(=O)COc1ccc(F)cc1. The van der Waals surface area contributed by atoms with Gasteiger partial charge in [-0.05, 0) is 69.7 Å². The summed E-state index contributed by atoms with van der Waals surface area (Å²) >= 11 is 3.42. The minimum absolute atomic E-state index is 0.248. The molecule has 5 nitrogen and oxygen atoms in total. The Morgan fingerprint density at radius 1 is 1.17 bits per heavy atom. The highest BCUT2D eigenvalue weighted by molar-refractivity contribution is 9.10. The first-order chi connectivity index (χ1) is 13.5. The number of ether oxygens (including phenoxy) is 1. The van der Waals surface area contributed by atoms with E-state index in [9.17, 15) is 14.0 Å². The minimum Gasteiger partial charge on any atom is -0.484 e. The van der Waals surface area contributed by atoms with Gasteiger partial charge in [-0.15, -0.1) is 0 Å². The zero-order valence-corrected chi connectivity index (χ0v) is 18.6. The van der Waals surface area contributed by atoms with Crippen LogP contribution in [0.2, 0.25) is 0 Å². The Morgan fingerprint density at radius 2 is 1.83 bits per heavy atom. The second-order valence-electron chi connectivity index (χ2n) is 7.81. The summed E-state index contributed by atoms with van der Waals surface area (Å²) in [7, 11) is 0. The van der Waals surface area contributed by atoms with Gasteiger partial charge in [0.25, 0.3) is 5.91 Å². The van der Waals surface area contributed by atoms with Crippen molar-refractivity contribution in [2.45, 2.75) is 45.8 Å². The summed E-state index contributed by atoms with van der Waals surface area (Å²) < 4.78 is 19.4. The van der Waals surface area contributed by atoms with Gasteiger partial charge >= 0.3 is 0 Å². The predicted molar refractivity (Wildman–Crippen MR) is 114 cm³/mol. The van der Waals surface area contributed by atoms with Crippen molar-refractivity contribution in [3.63, 3.8) is 0 Å². The Balaban J connectivity index is 2.16. The summed E-state index contributed by atoms with van der Waals surface area (Å²) in [5, 5.41) is 2.91. The van der Waals surface area contributed by atoms with Gasteiger partial charge in [0.05, 0.1) is 0 Å². The second-order valence-corrected chi connectivity index (χ2v) is 8.73. The molecule has 156 valence electrons. The fraction of sp³-hybridized carbons (Fsp3) is 0.364. The van der Waals surface area contributed by atoms with Gasteiger partial charge in [0, 0.05) is 16.6 Å². The molecule has 1 atom stereocenters. The Hall–Kier alpha value is -2.41. The molecule has 0 saturated heterocycles. The summed E-state index contributed by atoms with van der Waals surface area (Å²) in [5.74, 6) is -0.588. The van der Waals surface area contributed by atoms with E-state index in [1.165, 1.54) is 29.2 Å². The van der Waals surface area contributed by atoms with E-state index in [0.717, 1.165) is 10.0 Å². The highest BCUT2D eigenvalue weighted by atomic mass is 79.9. The summed E-state index contributed by atoms with van der Waals surface area (Å²) in [6.45, 7) is 7.34. The van der Waals surface area contributed by atoms with Crippen LogP contribution in [0.4, 0.5) is 4.39 Å². The van der Waals surface area contributed by atoms with Crippen LogP contribution in [0.5, 0.6) is 5.75 Å². The molecule has 2 rings (SSSR count). The molecule has 0 aliphatic carbocycles. The number of carbonyl (C=O) groups is 2. The van der Waals surface area contributed by atoms with Crippen molar-refractivity contribution in [3.05, 3.63) is 64.4 Å². The molecule has 2 aromatic carbocycles. The molecule has 0 fully saturated rings. The normalized spacial score (nSPS) is 12.2. The molecule has 0 aliphatic heterocycles. The number of benzene rings is 2. The molecule has 2 amide bonds. The van der Waals surface area contributed by atoms with Crippen molar-refractivity contribution < 1.29 is 18.7 Å². The van der Waals surface area contributed by atoms with E-state index in [4.69, 9.17) is 4.74 Å². The lowest BCUT2D eigenvalue weighted by Crippen LogP contribution is -2.53. The van der Waals surface area contributed by atoms with E-state index in [2.05, 4.69) is 21.2 Å². The third kappa shape index (κ3) is 7.49. The van der Waals surface area contributed by atoms with Gasteiger partial charge in [0.1, 0.15) is 17.6 Å². The Kier molecular flexibility index (Phi) is 7.79. The van der Waals surface area contributed by atoms with Crippen LogP contribution >= 0.6 is 15.9 Å². The number of hydrogen-bond donors (Lipinski definition) is 1. The number of rotatable bonds is 7. The standard InChI is InChI=1S/C22H26BrFN2O3/c1-15(21(28)25-22(2,3)4)26(13-16-6-5-7-17(23)12-16)20(27)14-29-19-10-8-18(24)9-11-19/h5-12,15H,13-14H2,1-4H3,(H,25,28). The first-order valence-corrected chi connectivity index (χ1v) is 10.1. The lowest BCUT2D eigenvalue weighted by Gasteiger charge is -2.31. The lowest BCUT2D eigenvalue weighted by molar-refractivity contribution is -0.142. The molecular weight excluding hydrogens is 439 g/mol. The smallest absolute Gasteiger partial charge is 0.261 e. The van der Waals surface area contributed by atoms with Crippen LogP contribution in [0, 0.1) is 5.82 Å². The summed E-state index contributed by atoms with van der Waals surface area (Å²) in [6.07, 6.45) is 0. The van der Waals surface area contributed by atoms with Gasteiger partial charge in [0.2, 0.25) is 5.91 Å². The molecule has 0 bridgehead atoms. The van der Waals surface area contributed by atoms with Gasteiger partial charge in [-0.1, -0.05) is 28.1 Å². The molecule has 0 aromatic heterocycles. The quantitative estimate of drug-likeness (QED) is 0.664. The van der Waals surface area contributed by atoms with Crippen molar-refractivity contribution in [1.82, 2.24) is 10.2 Å². The molecule has 29 heavy (non-hydrogen) atoms. The van der Waals surface area contributed by atoms with E-state index < -0.39 is 11.6 Å². The van der Waals surface area contributed by atoms with Crippen LogP contribution in [0.3, 0.4) is 0 Å². The molecule has 0 spiro atoms. The fourth-order valence-electron chi connectivity index (χ4n) is 2.65. The van der Waals surface area contributed by atoms with Crippen LogP contribution in [-0.4, -0.2) is 34.9 Å².